The average molecular weight is 401 g/mol. The second kappa shape index (κ2) is 9.12. The number of thiophene rings is 1. The summed E-state index contributed by atoms with van der Waals surface area (Å²) in [4.78, 5) is 39.2. The molecule has 1 aromatic heterocycles. The lowest BCUT2D eigenvalue weighted by Gasteiger charge is -2.25. The Morgan fingerprint density at radius 3 is 2.57 bits per heavy atom. The number of amides is 1. The van der Waals surface area contributed by atoms with Crippen molar-refractivity contribution in [3.8, 4) is 0 Å². The summed E-state index contributed by atoms with van der Waals surface area (Å²) in [5, 5.41) is 0. The summed E-state index contributed by atoms with van der Waals surface area (Å²) in [5.74, 6) is -0.393. The third kappa shape index (κ3) is 4.66. The molecule has 0 unspecified atom stereocenters. The maximum atomic E-state index is 12.6. The topological polar surface area (TPSA) is 89.7 Å². The summed E-state index contributed by atoms with van der Waals surface area (Å²) in [6.07, 6.45) is 1.31. The van der Waals surface area contributed by atoms with Crippen molar-refractivity contribution in [1.29, 1.82) is 0 Å². The van der Waals surface area contributed by atoms with Crippen LogP contribution in [-0.4, -0.2) is 36.2 Å². The first kappa shape index (κ1) is 20.2. The molecule has 2 heterocycles. The number of nitrogens with zero attached hydrogens (tertiary/aromatic N) is 1. The fourth-order valence-corrected chi connectivity index (χ4v) is 4.98. The molecule has 0 bridgehead atoms. The van der Waals surface area contributed by atoms with Gasteiger partial charge in [0.1, 0.15) is 12.4 Å². The standard InChI is InChI=1S/C21H24N2O4S/c1-2-23-8-7-17-19(11-23)28-18(20(17)21(22)26)10-16(25)9-14-3-5-15(6-4-14)12-27-13-24/h3-6,13H,2,7-12H2,1H3,(H2,22,26). The van der Waals surface area contributed by atoms with E-state index in [9.17, 15) is 14.4 Å². The van der Waals surface area contributed by atoms with Gasteiger partial charge in [-0.05, 0) is 29.7 Å². The summed E-state index contributed by atoms with van der Waals surface area (Å²) in [5.41, 5.74) is 8.99. The average Bonchev–Trinajstić information content (AvgIpc) is 3.04. The second-order valence-corrected chi connectivity index (χ2v) is 8.09. The smallest absolute Gasteiger partial charge is 0.293 e. The predicted octanol–water partition coefficient (Wildman–Crippen LogP) is 2.25. The van der Waals surface area contributed by atoms with E-state index in [1.165, 1.54) is 0 Å². The lowest BCUT2D eigenvalue weighted by Crippen LogP contribution is -2.30. The molecule has 0 saturated carbocycles. The molecule has 6 nitrogen and oxygen atoms in total. The molecule has 0 atom stereocenters. The van der Waals surface area contributed by atoms with Crippen molar-refractivity contribution in [3.63, 3.8) is 0 Å². The van der Waals surface area contributed by atoms with Crippen LogP contribution in [-0.2, 0) is 46.7 Å². The highest BCUT2D eigenvalue weighted by Gasteiger charge is 2.27. The van der Waals surface area contributed by atoms with Crippen LogP contribution in [0.3, 0.4) is 0 Å². The van der Waals surface area contributed by atoms with Gasteiger partial charge < -0.3 is 10.5 Å². The quantitative estimate of drug-likeness (QED) is 0.652. The Bertz CT molecular complexity index is 873. The van der Waals surface area contributed by atoms with Crippen LogP contribution >= 0.6 is 11.3 Å². The van der Waals surface area contributed by atoms with E-state index < -0.39 is 5.91 Å². The lowest BCUT2D eigenvalue weighted by molar-refractivity contribution is -0.129. The third-order valence-corrected chi connectivity index (χ3v) is 6.22. The van der Waals surface area contributed by atoms with Crippen molar-refractivity contribution in [1.82, 2.24) is 4.90 Å². The minimum absolute atomic E-state index is 0.0466. The van der Waals surface area contributed by atoms with Gasteiger partial charge in [-0.25, -0.2) is 0 Å². The summed E-state index contributed by atoms with van der Waals surface area (Å²) in [6.45, 7) is 5.44. The Labute approximate surface area is 168 Å². The van der Waals surface area contributed by atoms with Crippen molar-refractivity contribution < 1.29 is 19.1 Å². The number of hydrogen-bond donors (Lipinski definition) is 1. The van der Waals surface area contributed by atoms with Crippen LogP contribution in [0.25, 0.3) is 0 Å². The number of rotatable bonds is 9. The molecule has 0 aliphatic carbocycles. The molecule has 0 saturated heterocycles. The zero-order valence-corrected chi connectivity index (χ0v) is 16.7. The van der Waals surface area contributed by atoms with E-state index in [4.69, 9.17) is 10.5 Å². The predicted molar refractivity (Wildman–Crippen MR) is 107 cm³/mol. The largest absolute Gasteiger partial charge is 0.463 e. The van der Waals surface area contributed by atoms with Gasteiger partial charge in [0.25, 0.3) is 6.47 Å². The fourth-order valence-electron chi connectivity index (χ4n) is 3.55. The molecule has 2 N–H and O–H groups in total. The Kier molecular flexibility index (Phi) is 6.59. The first-order valence-electron chi connectivity index (χ1n) is 9.32. The Morgan fingerprint density at radius 2 is 1.93 bits per heavy atom. The van der Waals surface area contributed by atoms with Crippen LogP contribution in [0.5, 0.6) is 0 Å². The lowest BCUT2D eigenvalue weighted by atomic mass is 9.98. The highest BCUT2D eigenvalue weighted by atomic mass is 32.1. The van der Waals surface area contributed by atoms with Crippen molar-refractivity contribution in [3.05, 3.63) is 56.3 Å². The van der Waals surface area contributed by atoms with E-state index in [0.717, 1.165) is 52.5 Å². The van der Waals surface area contributed by atoms with Gasteiger partial charge in [0.05, 0.1) is 5.56 Å². The van der Waals surface area contributed by atoms with Crippen LogP contribution in [0, 0.1) is 0 Å². The van der Waals surface area contributed by atoms with E-state index in [1.807, 2.05) is 24.3 Å². The summed E-state index contributed by atoms with van der Waals surface area (Å²) in [7, 11) is 0. The minimum Gasteiger partial charge on any atom is -0.463 e. The van der Waals surface area contributed by atoms with E-state index in [-0.39, 0.29) is 25.2 Å². The zero-order valence-electron chi connectivity index (χ0n) is 15.9. The van der Waals surface area contributed by atoms with E-state index in [0.29, 0.717) is 12.0 Å². The van der Waals surface area contributed by atoms with Gasteiger partial charge in [-0.3, -0.25) is 19.3 Å². The molecule has 0 radical (unpaired) electrons. The van der Waals surface area contributed by atoms with Gasteiger partial charge in [-0.2, -0.15) is 0 Å². The molecule has 0 spiro atoms. The summed E-state index contributed by atoms with van der Waals surface area (Å²) >= 11 is 1.55. The van der Waals surface area contributed by atoms with Crippen LogP contribution in [0.4, 0.5) is 0 Å². The molecule has 1 aliphatic rings. The fraction of sp³-hybridized carbons (Fsp3) is 0.381. The maximum absolute atomic E-state index is 12.6. The molecular formula is C21H24N2O4S. The third-order valence-electron chi connectivity index (χ3n) is 5.00. The number of Topliss-reactive ketones (excluding diaryl/α,β-unsaturated/α-hetero) is 1. The number of hydrogen-bond acceptors (Lipinski definition) is 6. The number of likely N-dealkylation sites (N-methyl/N-ethyl adjacent to an activating group) is 1. The van der Waals surface area contributed by atoms with Crippen molar-refractivity contribution >= 4 is 29.5 Å². The Balaban J connectivity index is 1.71. The molecule has 3 rings (SSSR count). The Morgan fingerprint density at radius 1 is 1.21 bits per heavy atom. The van der Waals surface area contributed by atoms with Crippen molar-refractivity contribution in [2.45, 2.75) is 39.3 Å². The van der Waals surface area contributed by atoms with Crippen LogP contribution < -0.4 is 5.73 Å². The van der Waals surface area contributed by atoms with Gasteiger partial charge in [-0.15, -0.1) is 11.3 Å². The van der Waals surface area contributed by atoms with E-state index >= 15 is 0 Å². The van der Waals surface area contributed by atoms with Gasteiger partial charge in [0.15, 0.2) is 0 Å². The number of primary amides is 1. The van der Waals surface area contributed by atoms with E-state index in [1.54, 1.807) is 11.3 Å². The number of nitrogens with two attached hydrogens (primary N) is 1. The molecule has 28 heavy (non-hydrogen) atoms. The molecular weight excluding hydrogens is 376 g/mol. The number of fused-ring (bicyclic) bond motifs is 1. The molecule has 7 heteroatoms. The molecule has 1 aliphatic heterocycles. The molecule has 1 aromatic carbocycles. The molecule has 1 amide bonds. The number of ketones is 1. The summed E-state index contributed by atoms with van der Waals surface area (Å²) < 4.78 is 4.72. The minimum atomic E-state index is -0.440. The molecule has 0 fully saturated rings. The van der Waals surface area contributed by atoms with Gasteiger partial charge in [0, 0.05) is 35.7 Å². The van der Waals surface area contributed by atoms with Crippen LogP contribution in [0.2, 0.25) is 0 Å². The second-order valence-electron chi connectivity index (χ2n) is 6.90. The SMILES string of the molecule is CCN1CCc2c(sc(CC(=O)Cc3ccc(COC=O)cc3)c2C(N)=O)C1. The normalized spacial score (nSPS) is 13.8. The first-order chi connectivity index (χ1) is 13.5. The van der Waals surface area contributed by atoms with Gasteiger partial charge in [-0.1, -0.05) is 31.2 Å². The molecule has 2 aromatic rings. The van der Waals surface area contributed by atoms with Gasteiger partial charge in [0.2, 0.25) is 5.91 Å². The molecule has 148 valence electrons. The zero-order chi connectivity index (χ0) is 20.1. The number of benzene rings is 1. The number of carbonyl (C=O) groups is 3. The Hall–Kier alpha value is -2.51. The first-order valence-corrected chi connectivity index (χ1v) is 10.1. The monoisotopic (exact) mass is 400 g/mol. The highest BCUT2D eigenvalue weighted by molar-refractivity contribution is 7.12. The van der Waals surface area contributed by atoms with Crippen molar-refractivity contribution in [2.75, 3.05) is 13.1 Å². The van der Waals surface area contributed by atoms with E-state index in [2.05, 4.69) is 11.8 Å². The summed E-state index contributed by atoms with van der Waals surface area (Å²) in [6, 6.07) is 7.39. The van der Waals surface area contributed by atoms with Gasteiger partial charge >= 0.3 is 0 Å². The maximum Gasteiger partial charge on any atom is 0.293 e. The van der Waals surface area contributed by atoms with Crippen LogP contribution in [0.15, 0.2) is 24.3 Å². The number of ether oxygens (including phenoxy) is 1. The van der Waals surface area contributed by atoms with Crippen molar-refractivity contribution in [2.24, 2.45) is 5.73 Å². The highest BCUT2D eigenvalue weighted by Crippen LogP contribution is 2.33. The van der Waals surface area contributed by atoms with Crippen LogP contribution in [0.1, 0.15) is 43.7 Å². The number of carbonyl (C=O) groups excluding carboxylic acids is 3.